The first kappa shape index (κ1) is 18.7. The fourth-order valence-corrected chi connectivity index (χ4v) is 2.53. The van der Waals surface area contributed by atoms with Crippen LogP contribution in [-0.2, 0) is 9.59 Å². The summed E-state index contributed by atoms with van der Waals surface area (Å²) in [5, 5.41) is 0.628. The molecule has 25 heavy (non-hydrogen) atoms. The summed E-state index contributed by atoms with van der Waals surface area (Å²) in [4.78, 5) is 24.1. The molecule has 0 unspecified atom stereocenters. The molecule has 0 N–H and O–H groups in total. The molecule has 0 aliphatic carbocycles. The van der Waals surface area contributed by atoms with E-state index in [-0.39, 0.29) is 11.9 Å². The van der Waals surface area contributed by atoms with Crippen molar-refractivity contribution in [1.82, 2.24) is 4.90 Å². The summed E-state index contributed by atoms with van der Waals surface area (Å²) in [6.07, 6.45) is 1.96. The van der Waals surface area contributed by atoms with Gasteiger partial charge in [0.15, 0.2) is 0 Å². The highest BCUT2D eigenvalue weighted by Crippen LogP contribution is 2.30. The van der Waals surface area contributed by atoms with Gasteiger partial charge in [0.2, 0.25) is 5.91 Å². The predicted molar refractivity (Wildman–Crippen MR) is 99.6 cm³/mol. The largest absolute Gasteiger partial charge is 0.427 e. The van der Waals surface area contributed by atoms with E-state index in [0.717, 1.165) is 16.7 Å². The van der Waals surface area contributed by atoms with Crippen molar-refractivity contribution in [3.63, 3.8) is 0 Å². The lowest BCUT2D eigenvalue weighted by molar-refractivity contribution is -0.132. The number of hydrogen-bond donors (Lipinski definition) is 0. The minimum atomic E-state index is -0.363. The Balaban J connectivity index is 2.41. The summed E-state index contributed by atoms with van der Waals surface area (Å²) in [6, 6.07) is 14.7. The predicted octanol–water partition coefficient (Wildman–Crippen LogP) is 4.18. The molecule has 0 spiro atoms. The molecule has 2 aromatic carbocycles. The molecule has 0 bridgehead atoms. The smallest absolute Gasteiger partial charge is 0.308 e. The summed E-state index contributed by atoms with van der Waals surface area (Å²) < 4.78 is 5.07. The van der Waals surface area contributed by atoms with Gasteiger partial charge in [0.25, 0.3) is 0 Å². The van der Waals surface area contributed by atoms with Gasteiger partial charge in [0.1, 0.15) is 5.75 Å². The van der Waals surface area contributed by atoms with Crippen LogP contribution in [0.15, 0.2) is 54.6 Å². The van der Waals surface area contributed by atoms with Gasteiger partial charge in [-0.3, -0.25) is 9.59 Å². The number of halogens is 1. The highest BCUT2D eigenvalue weighted by Gasteiger charge is 2.10. The van der Waals surface area contributed by atoms with Gasteiger partial charge in [0, 0.05) is 38.0 Å². The molecule has 0 aliphatic heterocycles. The number of ether oxygens (including phenoxy) is 1. The molecule has 0 saturated heterocycles. The molecule has 0 saturated carbocycles. The van der Waals surface area contributed by atoms with Crippen molar-refractivity contribution in [2.24, 2.45) is 0 Å². The second-order valence-corrected chi connectivity index (χ2v) is 6.02. The Labute approximate surface area is 152 Å². The van der Waals surface area contributed by atoms with Gasteiger partial charge in [0.05, 0.1) is 0 Å². The van der Waals surface area contributed by atoms with E-state index in [9.17, 15) is 9.59 Å². The third kappa shape index (κ3) is 5.19. The Morgan fingerprint density at radius 3 is 2.28 bits per heavy atom. The van der Waals surface area contributed by atoms with Crippen LogP contribution in [0.2, 0.25) is 5.02 Å². The minimum absolute atomic E-state index is 0.0139. The number of benzene rings is 2. The first-order valence-electron chi connectivity index (χ1n) is 7.84. The maximum Gasteiger partial charge on any atom is 0.308 e. The third-order valence-corrected chi connectivity index (χ3v) is 4.03. The Hall–Kier alpha value is -2.59. The Kier molecular flexibility index (Phi) is 6.37. The second kappa shape index (κ2) is 8.49. The zero-order chi connectivity index (χ0) is 18.4. The summed E-state index contributed by atoms with van der Waals surface area (Å²) >= 11 is 6.36. The minimum Gasteiger partial charge on any atom is -0.427 e. The van der Waals surface area contributed by atoms with Gasteiger partial charge in [-0.1, -0.05) is 48.0 Å². The first-order valence-corrected chi connectivity index (χ1v) is 8.22. The maximum absolute atomic E-state index is 11.5. The van der Waals surface area contributed by atoms with Crippen LogP contribution >= 0.6 is 11.6 Å². The third-order valence-electron chi connectivity index (χ3n) is 3.70. The normalized spacial score (nSPS) is 11.1. The standard InChI is InChI=1S/C20H20ClNO3/c1-14(23)22(3)13-12-18(19-6-4-5-7-20(19)21)16-8-10-17(11-9-16)25-15(2)24/h4-12H,13H2,1-3H3/b18-12+. The van der Waals surface area contributed by atoms with E-state index in [0.29, 0.717) is 17.3 Å². The molecule has 0 fully saturated rings. The van der Waals surface area contributed by atoms with Gasteiger partial charge in [-0.2, -0.15) is 0 Å². The van der Waals surface area contributed by atoms with Crippen molar-refractivity contribution in [1.29, 1.82) is 0 Å². The molecule has 0 heterocycles. The van der Waals surface area contributed by atoms with E-state index in [2.05, 4.69) is 0 Å². The second-order valence-electron chi connectivity index (χ2n) is 5.62. The molecule has 1 amide bonds. The lowest BCUT2D eigenvalue weighted by Gasteiger charge is -2.15. The van der Waals surface area contributed by atoms with Gasteiger partial charge in [-0.05, 0) is 29.3 Å². The Bertz CT molecular complexity index is 797. The topological polar surface area (TPSA) is 46.6 Å². The fourth-order valence-electron chi connectivity index (χ4n) is 2.29. The summed E-state index contributed by atoms with van der Waals surface area (Å²) in [5.74, 6) is 0.105. The zero-order valence-electron chi connectivity index (χ0n) is 14.5. The van der Waals surface area contributed by atoms with Crippen molar-refractivity contribution in [2.75, 3.05) is 13.6 Å². The van der Waals surface area contributed by atoms with Gasteiger partial charge >= 0.3 is 5.97 Å². The maximum atomic E-state index is 11.5. The molecule has 0 atom stereocenters. The lowest BCUT2D eigenvalue weighted by Crippen LogP contribution is -2.23. The summed E-state index contributed by atoms with van der Waals surface area (Å²) in [6.45, 7) is 3.35. The van der Waals surface area contributed by atoms with Crippen molar-refractivity contribution in [3.05, 3.63) is 70.8 Å². The summed E-state index contributed by atoms with van der Waals surface area (Å²) in [7, 11) is 1.74. The number of esters is 1. The van der Waals surface area contributed by atoms with Crippen LogP contribution in [0.1, 0.15) is 25.0 Å². The molecular weight excluding hydrogens is 338 g/mol. The molecule has 0 radical (unpaired) electrons. The number of rotatable bonds is 5. The van der Waals surface area contributed by atoms with Crippen molar-refractivity contribution in [2.45, 2.75) is 13.8 Å². The first-order chi connectivity index (χ1) is 11.9. The summed E-state index contributed by atoms with van der Waals surface area (Å²) in [5.41, 5.74) is 2.70. The quantitative estimate of drug-likeness (QED) is 0.596. The fraction of sp³-hybridized carbons (Fsp3) is 0.200. The van der Waals surface area contributed by atoms with E-state index in [1.54, 1.807) is 24.1 Å². The zero-order valence-corrected chi connectivity index (χ0v) is 15.2. The number of nitrogens with zero attached hydrogens (tertiary/aromatic N) is 1. The van der Waals surface area contributed by atoms with Crippen LogP contribution in [0, 0.1) is 0 Å². The van der Waals surface area contributed by atoms with Crippen molar-refractivity contribution in [3.8, 4) is 5.75 Å². The Morgan fingerprint density at radius 1 is 1.08 bits per heavy atom. The number of likely N-dealkylation sites (N-methyl/N-ethyl adjacent to an activating group) is 1. The average Bonchev–Trinajstić information content (AvgIpc) is 2.57. The highest BCUT2D eigenvalue weighted by atomic mass is 35.5. The average molecular weight is 358 g/mol. The number of carbonyl (C=O) groups is 2. The molecule has 0 aromatic heterocycles. The lowest BCUT2D eigenvalue weighted by atomic mass is 9.97. The van der Waals surface area contributed by atoms with E-state index in [4.69, 9.17) is 16.3 Å². The van der Waals surface area contributed by atoms with Crippen molar-refractivity contribution >= 4 is 29.1 Å². The van der Waals surface area contributed by atoms with E-state index >= 15 is 0 Å². The number of hydrogen-bond acceptors (Lipinski definition) is 3. The van der Waals surface area contributed by atoms with E-state index in [1.165, 1.54) is 13.8 Å². The van der Waals surface area contributed by atoms with Gasteiger partial charge in [-0.15, -0.1) is 0 Å². The molecule has 130 valence electrons. The molecule has 0 aliphatic rings. The van der Waals surface area contributed by atoms with E-state index in [1.807, 2.05) is 42.5 Å². The van der Waals surface area contributed by atoms with Crippen LogP contribution in [0.25, 0.3) is 5.57 Å². The highest BCUT2D eigenvalue weighted by molar-refractivity contribution is 6.32. The number of amides is 1. The van der Waals surface area contributed by atoms with E-state index < -0.39 is 0 Å². The van der Waals surface area contributed by atoms with Crippen LogP contribution in [0.4, 0.5) is 0 Å². The van der Waals surface area contributed by atoms with Crippen LogP contribution < -0.4 is 4.74 Å². The Morgan fingerprint density at radius 2 is 1.72 bits per heavy atom. The van der Waals surface area contributed by atoms with Crippen LogP contribution in [-0.4, -0.2) is 30.4 Å². The van der Waals surface area contributed by atoms with Crippen LogP contribution in [0.3, 0.4) is 0 Å². The number of carbonyl (C=O) groups excluding carboxylic acids is 2. The molecule has 5 heteroatoms. The SMILES string of the molecule is CC(=O)Oc1ccc(/C(=C\CN(C)C(C)=O)c2ccccc2Cl)cc1. The van der Waals surface area contributed by atoms with Gasteiger partial charge < -0.3 is 9.64 Å². The van der Waals surface area contributed by atoms with Crippen LogP contribution in [0.5, 0.6) is 5.75 Å². The molecular formula is C20H20ClNO3. The molecule has 2 aromatic rings. The monoisotopic (exact) mass is 357 g/mol. The molecule has 2 rings (SSSR count). The van der Waals surface area contributed by atoms with Crippen molar-refractivity contribution < 1.29 is 14.3 Å². The van der Waals surface area contributed by atoms with Gasteiger partial charge in [-0.25, -0.2) is 0 Å². The molecule has 4 nitrogen and oxygen atoms in total.